The van der Waals surface area contributed by atoms with E-state index < -0.39 is 12.0 Å². The SMILES string of the molecule is CC(C)c1cccc(CN2CCC(C(O)C(N)=O)CC2)n1. The Kier molecular flexibility index (Phi) is 5.31. The summed E-state index contributed by atoms with van der Waals surface area (Å²) < 4.78 is 0. The van der Waals surface area contributed by atoms with E-state index in [0.717, 1.165) is 43.9 Å². The Morgan fingerprint density at radius 3 is 2.67 bits per heavy atom. The summed E-state index contributed by atoms with van der Waals surface area (Å²) in [5.74, 6) is -0.185. The zero-order valence-electron chi connectivity index (χ0n) is 12.8. The van der Waals surface area contributed by atoms with Gasteiger partial charge in [0.1, 0.15) is 6.10 Å². The maximum atomic E-state index is 11.0. The van der Waals surface area contributed by atoms with Crippen LogP contribution >= 0.6 is 0 Å². The summed E-state index contributed by atoms with van der Waals surface area (Å²) in [4.78, 5) is 18.0. The second-order valence-electron chi connectivity index (χ2n) is 6.17. The van der Waals surface area contributed by atoms with Gasteiger partial charge in [-0.1, -0.05) is 19.9 Å². The standard InChI is InChI=1S/C16H25N3O2/c1-11(2)14-5-3-4-13(18-14)10-19-8-6-12(7-9-19)15(20)16(17)21/h3-5,11-12,15,20H,6-10H2,1-2H3,(H2,17,21). The molecule has 1 amide bonds. The van der Waals surface area contributed by atoms with Gasteiger partial charge in [-0.05, 0) is 49.9 Å². The monoisotopic (exact) mass is 291 g/mol. The number of nitrogens with zero attached hydrogens (tertiary/aromatic N) is 2. The molecule has 1 aromatic rings. The van der Waals surface area contributed by atoms with Crippen molar-refractivity contribution < 1.29 is 9.90 Å². The van der Waals surface area contributed by atoms with Crippen molar-refractivity contribution in [2.24, 2.45) is 11.7 Å². The molecule has 1 saturated heterocycles. The van der Waals surface area contributed by atoms with Gasteiger partial charge in [0, 0.05) is 12.2 Å². The van der Waals surface area contributed by atoms with Gasteiger partial charge in [0.05, 0.1) is 5.69 Å². The molecule has 5 nitrogen and oxygen atoms in total. The fourth-order valence-corrected chi connectivity index (χ4v) is 2.80. The number of aliphatic hydroxyl groups excluding tert-OH is 1. The van der Waals surface area contributed by atoms with Crippen LogP contribution in [0.4, 0.5) is 0 Å². The lowest BCUT2D eigenvalue weighted by Gasteiger charge is -2.33. The van der Waals surface area contributed by atoms with E-state index in [2.05, 4.69) is 41.9 Å². The van der Waals surface area contributed by atoms with Crippen molar-refractivity contribution in [3.8, 4) is 0 Å². The Hall–Kier alpha value is -1.46. The topological polar surface area (TPSA) is 79.5 Å². The first-order valence-corrected chi connectivity index (χ1v) is 7.63. The molecule has 1 fully saturated rings. The van der Waals surface area contributed by atoms with Crippen LogP contribution in [0.2, 0.25) is 0 Å². The lowest BCUT2D eigenvalue weighted by atomic mass is 9.91. The van der Waals surface area contributed by atoms with Crippen LogP contribution in [0.1, 0.15) is 44.0 Å². The summed E-state index contributed by atoms with van der Waals surface area (Å²) in [5.41, 5.74) is 7.35. The van der Waals surface area contributed by atoms with Crippen molar-refractivity contribution in [1.82, 2.24) is 9.88 Å². The lowest BCUT2D eigenvalue weighted by Crippen LogP contribution is -2.42. The second kappa shape index (κ2) is 7.00. The van der Waals surface area contributed by atoms with E-state index >= 15 is 0 Å². The molecule has 1 atom stereocenters. The number of hydrogen-bond donors (Lipinski definition) is 2. The van der Waals surface area contributed by atoms with Gasteiger partial charge in [-0.2, -0.15) is 0 Å². The third-order valence-corrected chi connectivity index (χ3v) is 4.18. The fourth-order valence-electron chi connectivity index (χ4n) is 2.80. The third-order valence-electron chi connectivity index (χ3n) is 4.18. The number of aromatic nitrogens is 1. The smallest absolute Gasteiger partial charge is 0.246 e. The molecule has 1 aliphatic rings. The summed E-state index contributed by atoms with van der Waals surface area (Å²) in [6.45, 7) is 6.83. The molecule has 2 heterocycles. The van der Waals surface area contributed by atoms with E-state index in [1.807, 2.05) is 0 Å². The molecule has 21 heavy (non-hydrogen) atoms. The molecular weight excluding hydrogens is 266 g/mol. The number of carbonyl (C=O) groups is 1. The number of aliphatic hydroxyl groups is 1. The van der Waals surface area contributed by atoms with Crippen molar-refractivity contribution >= 4 is 5.91 Å². The molecule has 2 rings (SSSR count). The van der Waals surface area contributed by atoms with E-state index in [4.69, 9.17) is 5.73 Å². The van der Waals surface area contributed by atoms with E-state index in [9.17, 15) is 9.90 Å². The van der Waals surface area contributed by atoms with Gasteiger partial charge in [-0.3, -0.25) is 14.7 Å². The number of likely N-dealkylation sites (tertiary alicyclic amines) is 1. The number of hydrogen-bond acceptors (Lipinski definition) is 4. The van der Waals surface area contributed by atoms with Crippen LogP contribution < -0.4 is 5.73 Å². The maximum Gasteiger partial charge on any atom is 0.246 e. The number of rotatable bonds is 5. The van der Waals surface area contributed by atoms with Crippen molar-refractivity contribution in [2.45, 2.75) is 45.3 Å². The first-order chi connectivity index (χ1) is 9.97. The van der Waals surface area contributed by atoms with Gasteiger partial charge in [-0.25, -0.2) is 0 Å². The van der Waals surface area contributed by atoms with Crippen LogP contribution in [-0.2, 0) is 11.3 Å². The van der Waals surface area contributed by atoms with Crippen LogP contribution in [-0.4, -0.2) is 40.1 Å². The Morgan fingerprint density at radius 1 is 1.43 bits per heavy atom. The molecule has 3 N–H and O–H groups in total. The minimum absolute atomic E-state index is 0.00583. The number of piperidine rings is 1. The highest BCUT2D eigenvalue weighted by Gasteiger charge is 2.28. The van der Waals surface area contributed by atoms with Crippen LogP contribution in [0.5, 0.6) is 0 Å². The number of primary amides is 1. The van der Waals surface area contributed by atoms with Crippen LogP contribution in [0.15, 0.2) is 18.2 Å². The average molecular weight is 291 g/mol. The normalized spacial score (nSPS) is 18.9. The van der Waals surface area contributed by atoms with Crippen molar-refractivity contribution in [2.75, 3.05) is 13.1 Å². The first kappa shape index (κ1) is 15.9. The van der Waals surface area contributed by atoms with Gasteiger partial charge in [-0.15, -0.1) is 0 Å². The van der Waals surface area contributed by atoms with Crippen LogP contribution in [0.25, 0.3) is 0 Å². The molecule has 116 valence electrons. The molecule has 0 spiro atoms. The molecule has 0 aromatic carbocycles. The van der Waals surface area contributed by atoms with Gasteiger partial charge >= 0.3 is 0 Å². The lowest BCUT2D eigenvalue weighted by molar-refractivity contribution is -0.129. The number of pyridine rings is 1. The molecule has 5 heteroatoms. The summed E-state index contributed by atoms with van der Waals surface area (Å²) in [5, 5.41) is 9.72. The predicted octanol–water partition coefficient (Wildman–Crippen LogP) is 1.26. The number of amides is 1. The Balaban J connectivity index is 1.89. The minimum atomic E-state index is -1.01. The Labute approximate surface area is 126 Å². The third kappa shape index (κ3) is 4.25. The van der Waals surface area contributed by atoms with Gasteiger partial charge in [0.2, 0.25) is 5.91 Å². The van der Waals surface area contributed by atoms with Crippen molar-refractivity contribution in [3.05, 3.63) is 29.6 Å². The molecule has 1 aliphatic heterocycles. The predicted molar refractivity (Wildman–Crippen MR) is 81.5 cm³/mol. The zero-order valence-corrected chi connectivity index (χ0v) is 12.8. The molecule has 0 radical (unpaired) electrons. The van der Waals surface area contributed by atoms with Gasteiger partial charge < -0.3 is 10.8 Å². The van der Waals surface area contributed by atoms with E-state index in [1.54, 1.807) is 0 Å². The van der Waals surface area contributed by atoms with Gasteiger partial charge in [0.25, 0.3) is 0 Å². The van der Waals surface area contributed by atoms with Crippen molar-refractivity contribution in [3.63, 3.8) is 0 Å². The average Bonchev–Trinajstić information content (AvgIpc) is 2.47. The zero-order chi connectivity index (χ0) is 15.4. The number of nitrogens with two attached hydrogens (primary N) is 1. The van der Waals surface area contributed by atoms with E-state index in [-0.39, 0.29) is 5.92 Å². The summed E-state index contributed by atoms with van der Waals surface area (Å²) in [6.07, 6.45) is 0.594. The summed E-state index contributed by atoms with van der Waals surface area (Å²) in [7, 11) is 0. The molecule has 1 unspecified atom stereocenters. The Morgan fingerprint density at radius 2 is 2.10 bits per heavy atom. The van der Waals surface area contributed by atoms with E-state index in [0.29, 0.717) is 5.92 Å². The quantitative estimate of drug-likeness (QED) is 0.856. The van der Waals surface area contributed by atoms with Gasteiger partial charge in [0.15, 0.2) is 0 Å². The summed E-state index contributed by atoms with van der Waals surface area (Å²) in [6, 6.07) is 6.17. The summed E-state index contributed by atoms with van der Waals surface area (Å²) >= 11 is 0. The largest absolute Gasteiger partial charge is 0.383 e. The highest BCUT2D eigenvalue weighted by Crippen LogP contribution is 2.22. The molecule has 1 aromatic heterocycles. The molecule has 0 saturated carbocycles. The number of carbonyl (C=O) groups excluding carboxylic acids is 1. The highest BCUT2D eigenvalue weighted by molar-refractivity contribution is 5.78. The fraction of sp³-hybridized carbons (Fsp3) is 0.625. The molecular formula is C16H25N3O2. The van der Waals surface area contributed by atoms with E-state index in [1.165, 1.54) is 0 Å². The molecule has 0 aliphatic carbocycles. The first-order valence-electron chi connectivity index (χ1n) is 7.63. The molecule has 0 bridgehead atoms. The second-order valence-corrected chi connectivity index (χ2v) is 6.17. The van der Waals surface area contributed by atoms with Crippen LogP contribution in [0, 0.1) is 5.92 Å². The highest BCUT2D eigenvalue weighted by atomic mass is 16.3. The minimum Gasteiger partial charge on any atom is -0.383 e. The van der Waals surface area contributed by atoms with Crippen molar-refractivity contribution in [1.29, 1.82) is 0 Å². The Bertz CT molecular complexity index is 482. The van der Waals surface area contributed by atoms with Crippen LogP contribution in [0.3, 0.4) is 0 Å². The maximum absolute atomic E-state index is 11.0.